The minimum atomic E-state index is -0.429. The third-order valence-corrected chi connectivity index (χ3v) is 5.91. The van der Waals surface area contributed by atoms with Gasteiger partial charge in [-0.3, -0.25) is 4.79 Å². The highest BCUT2D eigenvalue weighted by Gasteiger charge is 2.40. The second-order valence-electron chi connectivity index (χ2n) is 7.98. The van der Waals surface area contributed by atoms with Gasteiger partial charge in [0.2, 0.25) is 5.88 Å². The number of Topliss-reactive ketones (excluding diaryl/α,β-unsaturated/α-hetero) is 1. The van der Waals surface area contributed by atoms with E-state index in [4.69, 9.17) is 18.9 Å². The topological polar surface area (TPSA) is 91.8 Å². The summed E-state index contributed by atoms with van der Waals surface area (Å²) in [6, 6.07) is 11.5. The van der Waals surface area contributed by atoms with Gasteiger partial charge in [-0.05, 0) is 37.1 Å². The van der Waals surface area contributed by atoms with E-state index in [-0.39, 0.29) is 12.4 Å². The van der Waals surface area contributed by atoms with E-state index in [9.17, 15) is 4.79 Å². The number of nitrogens with zero attached hydrogens (tertiary/aromatic N) is 4. The maximum Gasteiger partial charge on any atom is 0.228 e. The lowest BCUT2D eigenvalue weighted by Crippen LogP contribution is -2.26. The maximum absolute atomic E-state index is 12.9. The predicted molar refractivity (Wildman–Crippen MR) is 113 cm³/mol. The minimum Gasteiger partial charge on any atom is -0.485 e. The van der Waals surface area contributed by atoms with Crippen molar-refractivity contribution in [2.45, 2.75) is 38.7 Å². The van der Waals surface area contributed by atoms with E-state index in [0.29, 0.717) is 52.8 Å². The number of allylic oxidation sites excluding steroid dienone is 2. The molecule has 8 heteroatoms. The van der Waals surface area contributed by atoms with E-state index >= 15 is 0 Å². The van der Waals surface area contributed by atoms with Crippen molar-refractivity contribution < 1.29 is 18.7 Å². The Balaban J connectivity index is 1.44. The molecule has 4 aromatic rings. The molecule has 6 rings (SSSR count). The normalized spacial score (nSPS) is 17.8. The molecule has 0 amide bonds. The van der Waals surface area contributed by atoms with E-state index in [1.54, 1.807) is 17.1 Å². The third-order valence-electron chi connectivity index (χ3n) is 5.91. The lowest BCUT2D eigenvalue weighted by Gasteiger charge is -2.30. The van der Waals surface area contributed by atoms with Crippen molar-refractivity contribution in [2.75, 3.05) is 0 Å². The van der Waals surface area contributed by atoms with Crippen LogP contribution < -0.4 is 9.47 Å². The molecular weight excluding hydrogens is 408 g/mol. The first-order valence-electron chi connectivity index (χ1n) is 10.6. The first-order chi connectivity index (χ1) is 15.7. The van der Waals surface area contributed by atoms with E-state index in [0.717, 1.165) is 17.7 Å². The van der Waals surface area contributed by atoms with Crippen molar-refractivity contribution in [1.82, 2.24) is 19.6 Å². The molecule has 8 nitrogen and oxygen atoms in total. The summed E-state index contributed by atoms with van der Waals surface area (Å²) in [7, 11) is 0. The van der Waals surface area contributed by atoms with Crippen LogP contribution in [-0.4, -0.2) is 25.4 Å². The summed E-state index contributed by atoms with van der Waals surface area (Å²) in [5.74, 6) is 2.71. The molecule has 1 unspecified atom stereocenters. The van der Waals surface area contributed by atoms with Crippen LogP contribution in [-0.2, 0) is 11.4 Å². The zero-order chi connectivity index (χ0) is 21.7. The van der Waals surface area contributed by atoms with E-state index in [1.165, 1.54) is 0 Å². The van der Waals surface area contributed by atoms with Crippen molar-refractivity contribution in [3.63, 3.8) is 0 Å². The lowest BCUT2D eigenvalue weighted by atomic mass is 9.80. The fraction of sp³-hybridized carbons (Fsp3) is 0.250. The fourth-order valence-corrected chi connectivity index (χ4v) is 4.42. The second-order valence-corrected chi connectivity index (χ2v) is 7.98. The monoisotopic (exact) mass is 428 g/mol. The molecule has 0 saturated carbocycles. The molecule has 1 aromatic carbocycles. The number of ether oxygens (including phenoxy) is 2. The van der Waals surface area contributed by atoms with Gasteiger partial charge < -0.3 is 13.9 Å². The molecule has 1 aliphatic heterocycles. The van der Waals surface area contributed by atoms with Crippen LogP contribution >= 0.6 is 0 Å². The molecule has 3 aromatic heterocycles. The molecule has 0 N–H and O–H groups in total. The van der Waals surface area contributed by atoms with Crippen molar-refractivity contribution in [3.05, 3.63) is 83.0 Å². The molecule has 0 fully saturated rings. The lowest BCUT2D eigenvalue weighted by molar-refractivity contribution is -0.116. The Hall–Kier alpha value is -3.94. The minimum absolute atomic E-state index is 0.0722. The molecule has 4 heterocycles. The number of carbonyl (C=O) groups excluding carboxylic acids is 1. The van der Waals surface area contributed by atoms with Crippen LogP contribution in [0, 0.1) is 6.92 Å². The summed E-state index contributed by atoms with van der Waals surface area (Å²) in [5.41, 5.74) is 2.93. The molecule has 0 spiro atoms. The smallest absolute Gasteiger partial charge is 0.228 e. The Morgan fingerprint density at radius 3 is 2.94 bits per heavy atom. The van der Waals surface area contributed by atoms with Gasteiger partial charge in [0.15, 0.2) is 17.3 Å². The van der Waals surface area contributed by atoms with Crippen LogP contribution in [0.4, 0.5) is 0 Å². The Kier molecular flexibility index (Phi) is 4.31. The number of ketones is 1. The Labute approximate surface area is 183 Å². The fourth-order valence-electron chi connectivity index (χ4n) is 4.42. The zero-order valence-corrected chi connectivity index (χ0v) is 17.4. The number of hydrogen-bond acceptors (Lipinski definition) is 7. The van der Waals surface area contributed by atoms with Crippen LogP contribution in [0.25, 0.3) is 5.65 Å². The maximum atomic E-state index is 12.9. The van der Waals surface area contributed by atoms with Gasteiger partial charge in [-0.25, -0.2) is 14.5 Å². The summed E-state index contributed by atoms with van der Waals surface area (Å²) < 4.78 is 19.4. The largest absolute Gasteiger partial charge is 0.485 e. The number of rotatable bonds is 4. The summed E-state index contributed by atoms with van der Waals surface area (Å²) in [5, 5.41) is 4.54. The zero-order valence-electron chi connectivity index (χ0n) is 17.4. The third kappa shape index (κ3) is 2.98. The van der Waals surface area contributed by atoms with Crippen LogP contribution in [0.3, 0.4) is 0 Å². The van der Waals surface area contributed by atoms with E-state index in [2.05, 4.69) is 10.1 Å². The number of benzene rings is 1. The van der Waals surface area contributed by atoms with Crippen molar-refractivity contribution >= 4 is 11.4 Å². The highest BCUT2D eigenvalue weighted by Crippen LogP contribution is 2.47. The van der Waals surface area contributed by atoms with E-state index < -0.39 is 5.92 Å². The first-order valence-corrected chi connectivity index (χ1v) is 10.6. The molecule has 1 atom stereocenters. The molecular formula is C24H20N4O4. The highest BCUT2D eigenvalue weighted by molar-refractivity contribution is 5.99. The average Bonchev–Trinajstić information content (AvgIpc) is 3.47. The van der Waals surface area contributed by atoms with Gasteiger partial charge in [-0.1, -0.05) is 18.2 Å². The van der Waals surface area contributed by atoms with Gasteiger partial charge in [-0.2, -0.15) is 0 Å². The Morgan fingerprint density at radius 2 is 2.09 bits per heavy atom. The second kappa shape index (κ2) is 7.33. The van der Waals surface area contributed by atoms with Crippen molar-refractivity contribution in [1.29, 1.82) is 0 Å². The summed E-state index contributed by atoms with van der Waals surface area (Å²) >= 11 is 0. The Morgan fingerprint density at radius 1 is 1.19 bits per heavy atom. The number of aromatic nitrogens is 4. The van der Waals surface area contributed by atoms with Gasteiger partial charge >= 0.3 is 0 Å². The molecule has 2 aliphatic rings. The van der Waals surface area contributed by atoms with Crippen LogP contribution in [0.1, 0.15) is 47.9 Å². The number of hydrogen-bond donors (Lipinski definition) is 0. The van der Waals surface area contributed by atoms with Gasteiger partial charge in [0.25, 0.3) is 0 Å². The number of aryl methyl sites for hydroxylation is 1. The quantitative estimate of drug-likeness (QED) is 0.482. The summed E-state index contributed by atoms with van der Waals surface area (Å²) in [6.07, 6.45) is 5.15. The number of fused-ring (bicyclic) bond motifs is 3. The predicted octanol–water partition coefficient (Wildman–Crippen LogP) is 4.14. The van der Waals surface area contributed by atoms with Gasteiger partial charge in [0.05, 0.1) is 17.7 Å². The average molecular weight is 428 g/mol. The van der Waals surface area contributed by atoms with Gasteiger partial charge in [0, 0.05) is 18.4 Å². The molecule has 0 radical (unpaired) electrons. The number of para-hydroxylation sites is 1. The van der Waals surface area contributed by atoms with Crippen LogP contribution in [0.2, 0.25) is 0 Å². The van der Waals surface area contributed by atoms with Crippen molar-refractivity contribution in [2.24, 2.45) is 0 Å². The summed E-state index contributed by atoms with van der Waals surface area (Å²) in [6.45, 7) is 2.20. The highest BCUT2D eigenvalue weighted by atomic mass is 16.5. The SMILES string of the molecule is Cc1ccccc1OCc1nc2c3c(ncn2n1)OC1=C(C(=O)CCC1)C3c1ccco1. The molecule has 32 heavy (non-hydrogen) atoms. The Bertz CT molecular complexity index is 1370. The van der Waals surface area contributed by atoms with Gasteiger partial charge in [-0.15, -0.1) is 5.10 Å². The van der Waals surface area contributed by atoms with E-state index in [1.807, 2.05) is 43.3 Å². The molecule has 1 aliphatic carbocycles. The van der Waals surface area contributed by atoms with Crippen LogP contribution in [0.5, 0.6) is 11.6 Å². The van der Waals surface area contributed by atoms with Crippen molar-refractivity contribution in [3.8, 4) is 11.6 Å². The number of furan rings is 1. The first kappa shape index (κ1) is 18.8. The summed E-state index contributed by atoms with van der Waals surface area (Å²) in [4.78, 5) is 22.1. The van der Waals surface area contributed by atoms with Crippen LogP contribution in [0.15, 0.2) is 64.7 Å². The molecule has 0 bridgehead atoms. The molecule has 160 valence electrons. The number of carbonyl (C=O) groups is 1. The standard InChI is InChI=1S/C24H20N4O4/c1-14-6-2-3-8-16(14)31-12-19-26-23-22-21(17-10-5-11-30-17)20-15(29)7-4-9-18(20)32-24(22)25-13-28(23)27-19/h2-3,5-6,8,10-11,13,21H,4,7,9,12H2,1H3. The molecule has 0 saturated heterocycles. The van der Waals surface area contributed by atoms with Gasteiger partial charge in [0.1, 0.15) is 30.2 Å².